The zero-order chi connectivity index (χ0) is 19.0. The zero-order valence-corrected chi connectivity index (χ0v) is 16.0. The van der Waals surface area contributed by atoms with Crippen LogP contribution in [0.2, 0.25) is 0 Å². The Morgan fingerprint density at radius 2 is 2.15 bits per heavy atom. The molecule has 0 aromatic carbocycles. The molecule has 1 saturated carbocycles. The van der Waals surface area contributed by atoms with Crippen LogP contribution in [0.3, 0.4) is 0 Å². The lowest BCUT2D eigenvalue weighted by Crippen LogP contribution is -2.26. The van der Waals surface area contributed by atoms with Crippen LogP contribution in [0.15, 0.2) is 33.4 Å². The van der Waals surface area contributed by atoms with Crippen LogP contribution in [-0.4, -0.2) is 22.6 Å². The summed E-state index contributed by atoms with van der Waals surface area (Å²) in [7, 11) is 0. The van der Waals surface area contributed by atoms with Gasteiger partial charge in [-0.1, -0.05) is 25.9 Å². The lowest BCUT2D eigenvalue weighted by molar-refractivity contribution is 0.0955. The van der Waals surface area contributed by atoms with E-state index in [1.165, 1.54) is 0 Å². The van der Waals surface area contributed by atoms with Gasteiger partial charge in [-0.15, -0.1) is 0 Å². The van der Waals surface area contributed by atoms with Gasteiger partial charge < -0.3 is 14.3 Å². The highest BCUT2D eigenvalue weighted by Gasteiger charge is 2.29. The van der Waals surface area contributed by atoms with Gasteiger partial charge in [0, 0.05) is 24.6 Å². The number of carbonyl (C=O) groups is 1. The number of nitrogens with zero attached hydrogens (tertiary/aromatic N) is 2. The van der Waals surface area contributed by atoms with Crippen LogP contribution < -0.4 is 5.32 Å². The maximum absolute atomic E-state index is 13.0. The molecule has 6 heteroatoms. The molecule has 1 N–H and O–H groups in total. The molecule has 0 bridgehead atoms. The predicted octanol–water partition coefficient (Wildman–Crippen LogP) is 4.25. The van der Waals surface area contributed by atoms with E-state index in [0.29, 0.717) is 30.2 Å². The summed E-state index contributed by atoms with van der Waals surface area (Å²) in [4.78, 5) is 17.6. The fourth-order valence-corrected chi connectivity index (χ4v) is 3.27. The number of rotatable bonds is 6. The lowest BCUT2D eigenvalue weighted by atomic mass is 9.89. The maximum atomic E-state index is 13.0. The molecule has 0 aliphatic heterocycles. The molecule has 1 amide bonds. The third-order valence-corrected chi connectivity index (χ3v) is 4.71. The molecule has 0 radical (unpaired) electrons. The Bertz CT molecular complexity index is 947. The van der Waals surface area contributed by atoms with Crippen molar-refractivity contribution >= 4 is 17.0 Å². The standard InChI is InChI=1S/C21H25N3O3/c1-21(2,3)12-17-18-15(19(25)22-9-8-14-5-4-10-26-14)11-16(13-6-7-13)23-20(18)27-24-17/h4-5,10-11,13H,6-9,12H2,1-3H3,(H,22,25). The summed E-state index contributed by atoms with van der Waals surface area (Å²) in [5, 5.41) is 7.97. The number of furan rings is 1. The summed E-state index contributed by atoms with van der Waals surface area (Å²) in [6.07, 6.45) is 5.24. The second kappa shape index (κ2) is 6.83. The van der Waals surface area contributed by atoms with Crippen molar-refractivity contribution in [2.75, 3.05) is 6.54 Å². The molecule has 0 spiro atoms. The summed E-state index contributed by atoms with van der Waals surface area (Å²) >= 11 is 0. The van der Waals surface area contributed by atoms with E-state index in [9.17, 15) is 4.79 Å². The summed E-state index contributed by atoms with van der Waals surface area (Å²) in [5.74, 6) is 1.17. The molecule has 0 saturated heterocycles. The molecular weight excluding hydrogens is 342 g/mol. The van der Waals surface area contributed by atoms with Crippen LogP contribution >= 0.6 is 0 Å². The number of aromatic nitrogens is 2. The number of fused-ring (bicyclic) bond motifs is 1. The Balaban J connectivity index is 1.63. The van der Waals surface area contributed by atoms with E-state index in [0.717, 1.165) is 41.8 Å². The van der Waals surface area contributed by atoms with Crippen LogP contribution in [0.1, 0.15) is 67.0 Å². The molecule has 1 fully saturated rings. The van der Waals surface area contributed by atoms with Crippen molar-refractivity contribution in [2.45, 2.75) is 52.4 Å². The van der Waals surface area contributed by atoms with Crippen LogP contribution in [0.4, 0.5) is 0 Å². The number of pyridine rings is 1. The van der Waals surface area contributed by atoms with Gasteiger partial charge >= 0.3 is 0 Å². The Labute approximate surface area is 158 Å². The largest absolute Gasteiger partial charge is 0.469 e. The van der Waals surface area contributed by atoms with Crippen molar-refractivity contribution in [3.05, 3.63) is 47.2 Å². The highest BCUT2D eigenvalue weighted by Crippen LogP contribution is 2.40. The first-order chi connectivity index (χ1) is 12.9. The minimum atomic E-state index is -0.116. The average molecular weight is 367 g/mol. The molecule has 1 aliphatic rings. The maximum Gasteiger partial charge on any atom is 0.259 e. The van der Waals surface area contributed by atoms with E-state index in [1.807, 2.05) is 18.2 Å². The Morgan fingerprint density at radius 3 is 2.81 bits per heavy atom. The van der Waals surface area contributed by atoms with Crippen LogP contribution in [-0.2, 0) is 12.8 Å². The summed E-state index contributed by atoms with van der Waals surface area (Å²) in [6, 6.07) is 5.68. The molecule has 4 rings (SSSR count). The Morgan fingerprint density at radius 1 is 1.33 bits per heavy atom. The van der Waals surface area contributed by atoms with Crippen molar-refractivity contribution < 1.29 is 13.7 Å². The van der Waals surface area contributed by atoms with E-state index in [4.69, 9.17) is 8.94 Å². The van der Waals surface area contributed by atoms with Crippen molar-refractivity contribution in [1.82, 2.24) is 15.5 Å². The quantitative estimate of drug-likeness (QED) is 0.704. The van der Waals surface area contributed by atoms with Crippen molar-refractivity contribution in [2.24, 2.45) is 5.41 Å². The van der Waals surface area contributed by atoms with Gasteiger partial charge in [0.1, 0.15) is 5.76 Å². The fourth-order valence-electron chi connectivity index (χ4n) is 3.27. The molecule has 27 heavy (non-hydrogen) atoms. The van der Waals surface area contributed by atoms with Gasteiger partial charge in [-0.3, -0.25) is 4.79 Å². The van der Waals surface area contributed by atoms with Gasteiger partial charge in [0.2, 0.25) is 0 Å². The SMILES string of the molecule is CC(C)(C)Cc1noc2nc(C3CC3)cc(C(=O)NCCc3ccco3)c12. The van der Waals surface area contributed by atoms with Crippen molar-refractivity contribution in [1.29, 1.82) is 0 Å². The summed E-state index contributed by atoms with van der Waals surface area (Å²) < 4.78 is 10.8. The van der Waals surface area contributed by atoms with Gasteiger partial charge in [-0.05, 0) is 42.9 Å². The third kappa shape index (κ3) is 4.04. The topological polar surface area (TPSA) is 81.2 Å². The second-order valence-electron chi connectivity index (χ2n) is 8.50. The van der Waals surface area contributed by atoms with Gasteiger partial charge in [0.05, 0.1) is 22.9 Å². The average Bonchev–Trinajstić information content (AvgIpc) is 3.20. The molecule has 6 nitrogen and oxygen atoms in total. The summed E-state index contributed by atoms with van der Waals surface area (Å²) in [5.41, 5.74) is 2.84. The highest BCUT2D eigenvalue weighted by atomic mass is 16.5. The van der Waals surface area contributed by atoms with E-state index in [2.05, 4.69) is 36.2 Å². The van der Waals surface area contributed by atoms with Gasteiger partial charge in [0.15, 0.2) is 0 Å². The molecular formula is C21H25N3O3. The minimum absolute atomic E-state index is 0.0337. The first-order valence-electron chi connectivity index (χ1n) is 9.50. The van der Waals surface area contributed by atoms with E-state index >= 15 is 0 Å². The van der Waals surface area contributed by atoms with E-state index in [-0.39, 0.29) is 11.3 Å². The number of hydrogen-bond donors (Lipinski definition) is 1. The number of carbonyl (C=O) groups excluding carboxylic acids is 1. The third-order valence-electron chi connectivity index (χ3n) is 4.71. The Hall–Kier alpha value is -2.63. The monoisotopic (exact) mass is 367 g/mol. The molecule has 3 aromatic heterocycles. The molecule has 0 atom stereocenters. The lowest BCUT2D eigenvalue weighted by Gasteiger charge is -2.16. The highest BCUT2D eigenvalue weighted by molar-refractivity contribution is 6.06. The zero-order valence-electron chi connectivity index (χ0n) is 16.0. The minimum Gasteiger partial charge on any atom is -0.469 e. The number of amides is 1. The van der Waals surface area contributed by atoms with Crippen LogP contribution in [0.25, 0.3) is 11.1 Å². The molecule has 3 heterocycles. The van der Waals surface area contributed by atoms with Crippen molar-refractivity contribution in [3.8, 4) is 0 Å². The van der Waals surface area contributed by atoms with Gasteiger partial charge in [-0.2, -0.15) is 0 Å². The smallest absolute Gasteiger partial charge is 0.259 e. The second-order valence-corrected chi connectivity index (χ2v) is 8.50. The Kier molecular flexibility index (Phi) is 4.50. The first-order valence-corrected chi connectivity index (χ1v) is 9.50. The number of hydrogen-bond acceptors (Lipinski definition) is 5. The van der Waals surface area contributed by atoms with Crippen LogP contribution in [0.5, 0.6) is 0 Å². The van der Waals surface area contributed by atoms with Gasteiger partial charge in [0.25, 0.3) is 11.6 Å². The van der Waals surface area contributed by atoms with E-state index in [1.54, 1.807) is 6.26 Å². The molecule has 3 aromatic rings. The first kappa shape index (κ1) is 17.8. The van der Waals surface area contributed by atoms with E-state index < -0.39 is 0 Å². The van der Waals surface area contributed by atoms with Crippen LogP contribution in [0, 0.1) is 5.41 Å². The molecule has 1 aliphatic carbocycles. The predicted molar refractivity (Wildman–Crippen MR) is 102 cm³/mol. The normalized spacial score (nSPS) is 14.6. The van der Waals surface area contributed by atoms with Gasteiger partial charge in [-0.25, -0.2) is 4.98 Å². The molecule has 0 unspecified atom stereocenters. The van der Waals surface area contributed by atoms with Crippen molar-refractivity contribution in [3.63, 3.8) is 0 Å². The fraction of sp³-hybridized carbons (Fsp3) is 0.476. The molecule has 142 valence electrons. The number of nitrogens with one attached hydrogen (secondary N) is 1. The summed E-state index contributed by atoms with van der Waals surface area (Å²) in [6.45, 7) is 6.93.